The third-order valence-electron chi connectivity index (χ3n) is 8.87. The summed E-state index contributed by atoms with van der Waals surface area (Å²) in [5.74, 6) is 0.262. The molecule has 0 saturated carbocycles. The third kappa shape index (κ3) is 8.08. The number of anilines is 1. The van der Waals surface area contributed by atoms with Gasteiger partial charge in [-0.05, 0) is 78.1 Å². The zero-order valence-corrected chi connectivity index (χ0v) is 30.3. The van der Waals surface area contributed by atoms with Crippen molar-refractivity contribution in [2.45, 2.75) is 84.2 Å². The third-order valence-corrected chi connectivity index (χ3v) is 8.87. The molecule has 1 saturated heterocycles. The lowest BCUT2D eigenvalue weighted by molar-refractivity contribution is -0.164. The van der Waals surface area contributed by atoms with Crippen molar-refractivity contribution in [2.24, 2.45) is 0 Å². The van der Waals surface area contributed by atoms with Crippen molar-refractivity contribution in [1.29, 1.82) is 0 Å². The van der Waals surface area contributed by atoms with Gasteiger partial charge in [-0.3, -0.25) is 0 Å². The number of benzene rings is 2. The molecule has 0 N–H and O–H groups in total. The van der Waals surface area contributed by atoms with Crippen LogP contribution in [0.25, 0.3) is 28.0 Å². The fourth-order valence-electron chi connectivity index (χ4n) is 6.36. The van der Waals surface area contributed by atoms with Gasteiger partial charge in [0, 0.05) is 36.8 Å². The van der Waals surface area contributed by atoms with Gasteiger partial charge in [-0.1, -0.05) is 36.4 Å². The van der Waals surface area contributed by atoms with Gasteiger partial charge in [0.15, 0.2) is 11.8 Å². The van der Waals surface area contributed by atoms with Crippen molar-refractivity contribution in [3.8, 4) is 28.1 Å². The average Bonchev–Trinajstić information content (AvgIpc) is 3.49. The summed E-state index contributed by atoms with van der Waals surface area (Å²) < 4.78 is 41.2. The summed E-state index contributed by atoms with van der Waals surface area (Å²) in [6.45, 7) is 21.0. The van der Waals surface area contributed by atoms with Crippen molar-refractivity contribution in [1.82, 2.24) is 14.6 Å². The van der Waals surface area contributed by atoms with E-state index in [2.05, 4.69) is 25.0 Å². The fraction of sp³-hybridized carbons (Fsp3) is 0.425. The fourth-order valence-corrected chi connectivity index (χ4v) is 6.36. The quantitative estimate of drug-likeness (QED) is 0.102. The van der Waals surface area contributed by atoms with E-state index in [-0.39, 0.29) is 17.5 Å². The summed E-state index contributed by atoms with van der Waals surface area (Å²) in [6, 6.07) is 14.3. The summed E-state index contributed by atoms with van der Waals surface area (Å²) in [5.41, 5.74) is 3.29. The SMILES string of the molecule is C=CCOC1(C)CCN(c2c([C@H](OC(C)(C)C)C(=O)OC)c(C)nc3cc(-c4cccc(-c5c(F)cccc5O[C@@H](C)CC=C)c4)nn23)CC1. The largest absolute Gasteiger partial charge is 0.490 e. The predicted molar refractivity (Wildman–Crippen MR) is 195 cm³/mol. The number of carbonyl (C=O) groups is 1. The van der Waals surface area contributed by atoms with Gasteiger partial charge in [0.25, 0.3) is 0 Å². The number of fused-ring (bicyclic) bond motifs is 1. The van der Waals surface area contributed by atoms with Crippen LogP contribution in [0.3, 0.4) is 0 Å². The Morgan fingerprint density at radius 1 is 1.08 bits per heavy atom. The zero-order valence-electron chi connectivity index (χ0n) is 30.3. The molecule has 1 fully saturated rings. The molecule has 5 rings (SSSR count). The van der Waals surface area contributed by atoms with Crippen molar-refractivity contribution in [3.05, 3.63) is 90.9 Å². The van der Waals surface area contributed by atoms with Gasteiger partial charge in [-0.2, -0.15) is 9.61 Å². The topological polar surface area (TPSA) is 87.4 Å². The van der Waals surface area contributed by atoms with Crippen LogP contribution >= 0.6 is 0 Å². The van der Waals surface area contributed by atoms with E-state index in [1.54, 1.807) is 28.8 Å². The monoisotopic (exact) mass is 684 g/mol. The molecule has 4 aromatic rings. The maximum atomic E-state index is 15.4. The Bertz CT molecular complexity index is 1850. The molecule has 2 aromatic heterocycles. The normalized spacial score (nSPS) is 15.8. The van der Waals surface area contributed by atoms with E-state index in [9.17, 15) is 4.79 Å². The molecule has 0 radical (unpaired) electrons. The number of ether oxygens (including phenoxy) is 4. The number of methoxy groups -OCH3 is 1. The van der Waals surface area contributed by atoms with Crippen LogP contribution in [-0.2, 0) is 19.0 Å². The van der Waals surface area contributed by atoms with Crippen LogP contribution in [-0.4, -0.2) is 64.7 Å². The van der Waals surface area contributed by atoms with Gasteiger partial charge in [0.1, 0.15) is 17.4 Å². The summed E-state index contributed by atoms with van der Waals surface area (Å²) >= 11 is 0. The molecule has 0 unspecified atom stereocenters. The van der Waals surface area contributed by atoms with Crippen molar-refractivity contribution in [3.63, 3.8) is 0 Å². The van der Waals surface area contributed by atoms with Gasteiger partial charge in [-0.25, -0.2) is 14.2 Å². The molecule has 2 atom stereocenters. The number of esters is 1. The number of piperidine rings is 1. The number of hydrogen-bond acceptors (Lipinski definition) is 8. The first-order valence-corrected chi connectivity index (χ1v) is 17.1. The van der Waals surface area contributed by atoms with E-state index >= 15 is 4.39 Å². The van der Waals surface area contributed by atoms with E-state index in [1.165, 1.54) is 13.2 Å². The molecule has 50 heavy (non-hydrogen) atoms. The summed E-state index contributed by atoms with van der Waals surface area (Å²) in [6.07, 6.45) is 4.46. The molecule has 1 aliphatic rings. The van der Waals surface area contributed by atoms with E-state index in [4.69, 9.17) is 29.0 Å². The number of halogens is 1. The highest BCUT2D eigenvalue weighted by atomic mass is 19.1. The summed E-state index contributed by atoms with van der Waals surface area (Å²) in [4.78, 5) is 20.5. The second-order valence-electron chi connectivity index (χ2n) is 14.1. The molecular formula is C40H49FN4O5. The van der Waals surface area contributed by atoms with Crippen molar-refractivity contribution in [2.75, 3.05) is 31.7 Å². The number of aromatic nitrogens is 3. The Morgan fingerprint density at radius 3 is 2.44 bits per heavy atom. The average molecular weight is 685 g/mol. The Balaban J connectivity index is 1.65. The van der Waals surface area contributed by atoms with Crippen LogP contribution in [0.5, 0.6) is 5.75 Å². The van der Waals surface area contributed by atoms with Crippen LogP contribution in [0.2, 0.25) is 0 Å². The highest BCUT2D eigenvalue weighted by Gasteiger charge is 2.38. The van der Waals surface area contributed by atoms with Crippen LogP contribution in [0.4, 0.5) is 10.2 Å². The number of hydrogen-bond donors (Lipinski definition) is 0. The molecule has 2 aromatic carbocycles. The van der Waals surface area contributed by atoms with Gasteiger partial charge in [-0.15, -0.1) is 13.2 Å². The lowest BCUT2D eigenvalue weighted by Crippen LogP contribution is -2.45. The first-order valence-electron chi connectivity index (χ1n) is 17.1. The molecule has 0 amide bonds. The zero-order chi connectivity index (χ0) is 36.2. The smallest absolute Gasteiger partial charge is 0.339 e. The van der Waals surface area contributed by atoms with Gasteiger partial charge < -0.3 is 23.8 Å². The number of nitrogens with zero attached hydrogens (tertiary/aromatic N) is 4. The minimum Gasteiger partial charge on any atom is -0.490 e. The maximum absolute atomic E-state index is 15.4. The van der Waals surface area contributed by atoms with E-state index in [0.717, 1.165) is 18.4 Å². The molecule has 0 aliphatic carbocycles. The standard InChI is InChI=1S/C40H49FN4O5/c1-10-14-26(3)49-32-18-13-17-30(41)35(32)29-16-12-15-28(24-29)31-25-33-42-27(4)34(36(38(46)47-9)50-39(5,6)7)37(45(33)43-31)44-21-19-40(8,20-22-44)48-23-11-2/h10-13,15-18,24-26,36H,1-2,14,19-23H2,3-9H3/t26-,36-/m0/s1. The molecule has 0 spiro atoms. The van der Waals surface area contributed by atoms with Gasteiger partial charge in [0.05, 0.1) is 47.8 Å². The second kappa shape index (κ2) is 15.1. The molecule has 266 valence electrons. The highest BCUT2D eigenvalue weighted by molar-refractivity contribution is 5.81. The minimum atomic E-state index is -1.05. The van der Waals surface area contributed by atoms with Crippen LogP contribution in [0.15, 0.2) is 73.8 Å². The number of rotatable bonds is 13. The van der Waals surface area contributed by atoms with Crippen molar-refractivity contribution >= 4 is 17.4 Å². The second-order valence-corrected chi connectivity index (χ2v) is 14.1. The van der Waals surface area contributed by atoms with Gasteiger partial charge in [0.2, 0.25) is 0 Å². The summed E-state index contributed by atoms with van der Waals surface area (Å²) in [7, 11) is 1.36. The Morgan fingerprint density at radius 2 is 1.78 bits per heavy atom. The Kier molecular flexibility index (Phi) is 11.1. The minimum absolute atomic E-state index is 0.172. The molecule has 9 nitrogen and oxygen atoms in total. The summed E-state index contributed by atoms with van der Waals surface area (Å²) in [5, 5.41) is 5.09. The lowest BCUT2D eigenvalue weighted by atomic mass is 9.92. The van der Waals surface area contributed by atoms with Crippen LogP contribution in [0, 0.1) is 12.7 Å². The molecule has 1 aliphatic heterocycles. The Hall–Kier alpha value is -4.54. The first kappa shape index (κ1) is 36.7. The van der Waals surface area contributed by atoms with E-state index < -0.39 is 17.7 Å². The first-order chi connectivity index (χ1) is 23.8. The molecule has 3 heterocycles. The number of carbonyl (C=O) groups excluding carboxylic acids is 1. The van der Waals surface area contributed by atoms with Crippen LogP contribution < -0.4 is 9.64 Å². The van der Waals surface area contributed by atoms with E-state index in [0.29, 0.717) is 71.4 Å². The number of aryl methyl sites for hydroxylation is 1. The lowest BCUT2D eigenvalue weighted by Gasteiger charge is -2.41. The van der Waals surface area contributed by atoms with Crippen molar-refractivity contribution < 1.29 is 28.1 Å². The molecule has 0 bridgehead atoms. The van der Waals surface area contributed by atoms with Gasteiger partial charge >= 0.3 is 5.97 Å². The maximum Gasteiger partial charge on any atom is 0.339 e. The molecule has 10 heteroatoms. The highest BCUT2D eigenvalue weighted by Crippen LogP contribution is 2.40. The van der Waals surface area contributed by atoms with E-state index in [1.807, 2.05) is 65.0 Å². The van der Waals surface area contributed by atoms with Crippen LogP contribution in [0.1, 0.15) is 71.2 Å². The predicted octanol–water partition coefficient (Wildman–Crippen LogP) is 8.44. The Labute approximate surface area is 294 Å². The molecular weight excluding hydrogens is 635 g/mol.